The summed E-state index contributed by atoms with van der Waals surface area (Å²) in [5.41, 5.74) is 0. The third-order valence-electron chi connectivity index (χ3n) is 3.40. The maximum Gasteiger partial charge on any atom is 0.243 e. The highest BCUT2D eigenvalue weighted by atomic mass is 16.6. The molecule has 25 heavy (non-hydrogen) atoms. The molecule has 0 aromatic carbocycles. The predicted molar refractivity (Wildman–Crippen MR) is 89.4 cm³/mol. The molecule has 0 atom stereocenters. The predicted octanol–water partition coefficient (Wildman–Crippen LogP) is -0.952. The lowest BCUT2D eigenvalue weighted by molar-refractivity contribution is -0.146. The third kappa shape index (κ3) is 11.2. The Morgan fingerprint density at radius 3 is 1.96 bits per heavy atom. The Hall–Kier alpha value is -1.10. The summed E-state index contributed by atoms with van der Waals surface area (Å²) < 4.78 is 26.1. The Balaban J connectivity index is 1.81. The number of amides is 2. The van der Waals surface area contributed by atoms with Crippen LogP contribution < -0.4 is 5.32 Å². The highest BCUT2D eigenvalue weighted by Gasteiger charge is 2.23. The largest absolute Gasteiger partial charge is 0.382 e. The quantitative estimate of drug-likeness (QED) is 0.373. The van der Waals surface area contributed by atoms with Gasteiger partial charge in [-0.2, -0.15) is 0 Å². The Kier molecular flexibility index (Phi) is 13.3. The molecular weight excluding hydrogens is 332 g/mol. The van der Waals surface area contributed by atoms with Crippen molar-refractivity contribution in [2.45, 2.75) is 6.42 Å². The lowest BCUT2D eigenvalue weighted by Gasteiger charge is -2.25. The van der Waals surface area contributed by atoms with Crippen molar-refractivity contribution in [3.63, 3.8) is 0 Å². The number of carbonyl (C=O) groups is 2. The van der Waals surface area contributed by atoms with Gasteiger partial charge in [-0.1, -0.05) is 0 Å². The summed E-state index contributed by atoms with van der Waals surface area (Å²) in [4.78, 5) is 24.7. The molecule has 9 nitrogen and oxygen atoms in total. The van der Waals surface area contributed by atoms with Gasteiger partial charge in [0.2, 0.25) is 11.8 Å². The van der Waals surface area contributed by atoms with Gasteiger partial charge in [0, 0.05) is 20.2 Å². The van der Waals surface area contributed by atoms with Crippen LogP contribution in [0.1, 0.15) is 6.42 Å². The lowest BCUT2D eigenvalue weighted by atomic mass is 10.3. The second-order valence-electron chi connectivity index (χ2n) is 5.31. The number of hydrogen-bond donors (Lipinski definition) is 1. The minimum atomic E-state index is -0.187. The smallest absolute Gasteiger partial charge is 0.243 e. The van der Waals surface area contributed by atoms with Crippen molar-refractivity contribution in [1.82, 2.24) is 10.2 Å². The summed E-state index contributed by atoms with van der Waals surface area (Å²) in [6.45, 7) is 5.62. The van der Waals surface area contributed by atoms with Gasteiger partial charge in [0.25, 0.3) is 0 Å². The number of carbonyl (C=O) groups excluding carboxylic acids is 2. The molecule has 1 aliphatic heterocycles. The molecule has 0 aliphatic carbocycles. The van der Waals surface area contributed by atoms with Crippen molar-refractivity contribution >= 4 is 11.8 Å². The summed E-state index contributed by atoms with van der Waals surface area (Å²) in [5.74, 6) is -0.364. The molecule has 1 N–H and O–H groups in total. The zero-order valence-corrected chi connectivity index (χ0v) is 15.0. The second-order valence-corrected chi connectivity index (χ2v) is 5.31. The topological polar surface area (TPSA) is 95.6 Å². The van der Waals surface area contributed by atoms with Crippen LogP contribution in [0.4, 0.5) is 0 Å². The molecule has 0 unspecified atom stereocenters. The summed E-state index contributed by atoms with van der Waals surface area (Å²) in [6, 6.07) is 0. The zero-order valence-electron chi connectivity index (χ0n) is 15.0. The number of rotatable bonds is 15. The van der Waals surface area contributed by atoms with Crippen LogP contribution in [-0.4, -0.2) is 103 Å². The van der Waals surface area contributed by atoms with Crippen molar-refractivity contribution in [1.29, 1.82) is 0 Å². The summed E-state index contributed by atoms with van der Waals surface area (Å²) in [5, 5.41) is 2.93. The monoisotopic (exact) mass is 362 g/mol. The maximum atomic E-state index is 11.9. The summed E-state index contributed by atoms with van der Waals surface area (Å²) >= 11 is 0. The molecule has 0 radical (unpaired) electrons. The van der Waals surface area contributed by atoms with E-state index in [2.05, 4.69) is 5.32 Å². The van der Waals surface area contributed by atoms with Crippen LogP contribution >= 0.6 is 0 Å². The normalized spacial score (nSPS) is 14.9. The highest BCUT2D eigenvalue weighted by molar-refractivity contribution is 5.96. The zero-order chi connectivity index (χ0) is 18.2. The van der Waals surface area contributed by atoms with Crippen molar-refractivity contribution < 1.29 is 33.3 Å². The Bertz CT molecular complexity index is 368. The fourth-order valence-corrected chi connectivity index (χ4v) is 2.07. The van der Waals surface area contributed by atoms with E-state index in [0.717, 1.165) is 0 Å². The Morgan fingerprint density at radius 2 is 1.44 bits per heavy atom. The molecule has 1 aliphatic rings. The first-order chi connectivity index (χ1) is 12.3. The Morgan fingerprint density at radius 1 is 0.920 bits per heavy atom. The van der Waals surface area contributed by atoms with Crippen LogP contribution in [0.15, 0.2) is 0 Å². The van der Waals surface area contributed by atoms with Gasteiger partial charge in [-0.25, -0.2) is 0 Å². The number of nitrogens with zero attached hydrogens (tertiary/aromatic N) is 1. The first-order valence-corrected chi connectivity index (χ1v) is 8.59. The van der Waals surface area contributed by atoms with Crippen LogP contribution in [0, 0.1) is 0 Å². The fraction of sp³-hybridized carbons (Fsp3) is 0.875. The van der Waals surface area contributed by atoms with Gasteiger partial charge in [-0.3, -0.25) is 14.5 Å². The first-order valence-electron chi connectivity index (χ1n) is 8.59. The SMILES string of the molecule is COCCOCCOCCOCCOCCC(=O)N1CCNCC1=O. The number of imide groups is 1. The molecular formula is C16H30N2O7. The van der Waals surface area contributed by atoms with Crippen LogP contribution in [-0.2, 0) is 33.3 Å². The van der Waals surface area contributed by atoms with E-state index in [4.69, 9.17) is 23.7 Å². The minimum Gasteiger partial charge on any atom is -0.382 e. The fourth-order valence-electron chi connectivity index (χ4n) is 2.07. The molecule has 0 aromatic rings. The van der Waals surface area contributed by atoms with E-state index in [1.807, 2.05) is 0 Å². The van der Waals surface area contributed by atoms with Crippen molar-refractivity contribution in [2.75, 3.05) is 86.2 Å². The van der Waals surface area contributed by atoms with Crippen LogP contribution in [0.5, 0.6) is 0 Å². The Labute approximate surface area is 148 Å². The van der Waals surface area contributed by atoms with Crippen molar-refractivity contribution in [3.8, 4) is 0 Å². The minimum absolute atomic E-state index is 0.177. The molecule has 1 saturated heterocycles. The average Bonchev–Trinajstić information content (AvgIpc) is 2.62. The number of hydrogen-bond acceptors (Lipinski definition) is 8. The van der Waals surface area contributed by atoms with Crippen molar-refractivity contribution in [3.05, 3.63) is 0 Å². The highest BCUT2D eigenvalue weighted by Crippen LogP contribution is 1.99. The number of nitrogens with one attached hydrogen (secondary N) is 1. The molecule has 0 bridgehead atoms. The van der Waals surface area contributed by atoms with Crippen LogP contribution in [0.3, 0.4) is 0 Å². The third-order valence-corrected chi connectivity index (χ3v) is 3.40. The van der Waals surface area contributed by atoms with Crippen molar-refractivity contribution in [2.24, 2.45) is 0 Å². The summed E-state index contributed by atoms with van der Waals surface area (Å²) in [7, 11) is 1.63. The molecule has 1 rings (SSSR count). The van der Waals surface area contributed by atoms with Gasteiger partial charge in [-0.15, -0.1) is 0 Å². The number of piperazine rings is 1. The number of methoxy groups -OCH3 is 1. The van der Waals surface area contributed by atoms with E-state index in [0.29, 0.717) is 65.9 Å². The van der Waals surface area contributed by atoms with Gasteiger partial charge in [0.05, 0.1) is 72.4 Å². The van der Waals surface area contributed by atoms with Gasteiger partial charge in [0.15, 0.2) is 0 Å². The van der Waals surface area contributed by atoms with Gasteiger partial charge < -0.3 is 29.0 Å². The van der Waals surface area contributed by atoms with Crippen LogP contribution in [0.25, 0.3) is 0 Å². The molecule has 9 heteroatoms. The van der Waals surface area contributed by atoms with E-state index >= 15 is 0 Å². The van der Waals surface area contributed by atoms with Crippen LogP contribution in [0.2, 0.25) is 0 Å². The first kappa shape index (κ1) is 21.9. The van der Waals surface area contributed by atoms with Gasteiger partial charge in [0.1, 0.15) is 0 Å². The molecule has 1 heterocycles. The summed E-state index contributed by atoms with van der Waals surface area (Å²) in [6.07, 6.45) is 0.206. The van der Waals surface area contributed by atoms with E-state index < -0.39 is 0 Å². The van der Waals surface area contributed by atoms with Gasteiger partial charge >= 0.3 is 0 Å². The molecule has 0 saturated carbocycles. The molecule has 2 amide bonds. The second kappa shape index (κ2) is 15.2. The average molecular weight is 362 g/mol. The van der Waals surface area contributed by atoms with E-state index in [1.165, 1.54) is 4.90 Å². The molecule has 0 aromatic heterocycles. The maximum absolute atomic E-state index is 11.9. The molecule has 146 valence electrons. The van der Waals surface area contributed by atoms with E-state index in [1.54, 1.807) is 7.11 Å². The van der Waals surface area contributed by atoms with E-state index in [-0.39, 0.29) is 31.4 Å². The lowest BCUT2D eigenvalue weighted by Crippen LogP contribution is -2.50. The number of ether oxygens (including phenoxy) is 5. The van der Waals surface area contributed by atoms with Gasteiger partial charge in [-0.05, 0) is 0 Å². The molecule has 0 spiro atoms. The van der Waals surface area contributed by atoms with E-state index in [9.17, 15) is 9.59 Å². The molecule has 1 fully saturated rings. The standard InChI is InChI=1S/C16H30N2O7/c1-21-6-7-23-10-11-25-13-12-24-9-8-22-5-2-15(19)18-4-3-17-14-16(18)20/h17H,2-14H2,1H3.